The fourth-order valence-corrected chi connectivity index (χ4v) is 3.55. The predicted octanol–water partition coefficient (Wildman–Crippen LogP) is 1.28. The van der Waals surface area contributed by atoms with E-state index in [2.05, 4.69) is 0 Å². The first-order valence-electron chi connectivity index (χ1n) is 5.79. The van der Waals surface area contributed by atoms with Gasteiger partial charge < -0.3 is 9.84 Å². The Hall–Kier alpha value is -0.660. The molecule has 0 aliphatic rings. The van der Waals surface area contributed by atoms with Gasteiger partial charge in [0.15, 0.2) is 0 Å². The topological polar surface area (TPSA) is 66.8 Å². The monoisotopic (exact) mass is 307 g/mol. The minimum atomic E-state index is -3.65. The minimum Gasteiger partial charge on any atom is -0.395 e. The smallest absolute Gasteiger partial charge is 0.243 e. The number of methoxy groups -OCH3 is 1. The summed E-state index contributed by atoms with van der Waals surface area (Å²) in [6.07, 6.45) is 0. The molecule has 7 heteroatoms. The zero-order chi connectivity index (χ0) is 14.5. The highest BCUT2D eigenvalue weighted by Crippen LogP contribution is 2.22. The Balaban J connectivity index is 3.11. The van der Waals surface area contributed by atoms with Crippen LogP contribution in [0.1, 0.15) is 5.56 Å². The van der Waals surface area contributed by atoms with Gasteiger partial charge in [-0.25, -0.2) is 8.42 Å². The lowest BCUT2D eigenvalue weighted by Gasteiger charge is -2.22. The van der Waals surface area contributed by atoms with E-state index in [9.17, 15) is 8.42 Å². The highest BCUT2D eigenvalue weighted by atomic mass is 35.5. The van der Waals surface area contributed by atoms with E-state index in [4.69, 9.17) is 21.4 Å². The molecule has 19 heavy (non-hydrogen) atoms. The molecule has 0 bridgehead atoms. The lowest BCUT2D eigenvalue weighted by Crippen LogP contribution is -2.36. The van der Waals surface area contributed by atoms with E-state index in [0.717, 1.165) is 0 Å². The van der Waals surface area contributed by atoms with Gasteiger partial charge in [-0.15, -0.1) is 0 Å². The largest absolute Gasteiger partial charge is 0.395 e. The molecule has 1 aromatic rings. The van der Waals surface area contributed by atoms with Crippen LogP contribution in [-0.4, -0.2) is 51.2 Å². The molecule has 1 N–H and O–H groups in total. The maximum absolute atomic E-state index is 12.5. The fraction of sp³-hybridized carbons (Fsp3) is 0.500. The van der Waals surface area contributed by atoms with Crippen LogP contribution in [-0.2, 0) is 14.8 Å². The van der Waals surface area contributed by atoms with Gasteiger partial charge in [-0.1, -0.05) is 11.6 Å². The number of ether oxygens (including phenoxy) is 1. The van der Waals surface area contributed by atoms with E-state index in [1.165, 1.54) is 23.5 Å². The van der Waals surface area contributed by atoms with Crippen LogP contribution in [0.5, 0.6) is 0 Å². The highest BCUT2D eigenvalue weighted by Gasteiger charge is 2.25. The Morgan fingerprint density at radius 1 is 1.37 bits per heavy atom. The second-order valence-corrected chi connectivity index (χ2v) is 6.37. The van der Waals surface area contributed by atoms with Crippen LogP contribution >= 0.6 is 11.6 Å². The Morgan fingerprint density at radius 3 is 2.58 bits per heavy atom. The standard InChI is InChI=1S/C12H18ClNO4S/c1-10-9-11(13)3-4-12(10)19(16,17)14(5-7-15)6-8-18-2/h3-4,9,15H,5-8H2,1-2H3. The van der Waals surface area contributed by atoms with Gasteiger partial charge in [-0.2, -0.15) is 4.31 Å². The summed E-state index contributed by atoms with van der Waals surface area (Å²) >= 11 is 5.82. The summed E-state index contributed by atoms with van der Waals surface area (Å²) in [6, 6.07) is 4.61. The number of hydrogen-bond acceptors (Lipinski definition) is 4. The van der Waals surface area contributed by atoms with Crippen molar-refractivity contribution < 1.29 is 18.3 Å². The number of nitrogens with zero attached hydrogens (tertiary/aromatic N) is 1. The SMILES string of the molecule is COCCN(CCO)S(=O)(=O)c1ccc(Cl)cc1C. The number of sulfonamides is 1. The first-order valence-corrected chi connectivity index (χ1v) is 7.61. The van der Waals surface area contributed by atoms with Crippen molar-refractivity contribution in [3.8, 4) is 0 Å². The molecule has 1 rings (SSSR count). The number of rotatable bonds is 7. The number of aryl methyl sites for hydroxylation is 1. The third-order valence-corrected chi connectivity index (χ3v) is 4.94. The van der Waals surface area contributed by atoms with Crippen LogP contribution in [0.3, 0.4) is 0 Å². The van der Waals surface area contributed by atoms with Crippen LogP contribution in [0, 0.1) is 6.92 Å². The third kappa shape index (κ3) is 4.15. The Kier molecular flexibility index (Phi) is 6.22. The van der Waals surface area contributed by atoms with Crippen molar-refractivity contribution in [2.75, 3.05) is 33.4 Å². The highest BCUT2D eigenvalue weighted by molar-refractivity contribution is 7.89. The molecule has 0 atom stereocenters. The summed E-state index contributed by atoms with van der Waals surface area (Å²) < 4.78 is 31.0. The average Bonchev–Trinajstić information content (AvgIpc) is 2.33. The molecule has 0 aromatic heterocycles. The quantitative estimate of drug-likeness (QED) is 0.824. The van der Waals surface area contributed by atoms with Crippen LogP contribution in [0.15, 0.2) is 23.1 Å². The molecule has 0 saturated carbocycles. The lowest BCUT2D eigenvalue weighted by molar-refractivity contribution is 0.168. The molecule has 0 aliphatic carbocycles. The normalized spacial score (nSPS) is 12.1. The van der Waals surface area contributed by atoms with Gasteiger partial charge in [0.05, 0.1) is 18.1 Å². The number of benzene rings is 1. The van der Waals surface area contributed by atoms with Gasteiger partial charge in [0, 0.05) is 25.2 Å². The Morgan fingerprint density at radius 2 is 2.05 bits per heavy atom. The number of aliphatic hydroxyl groups excluding tert-OH is 1. The van der Waals surface area contributed by atoms with E-state index in [-0.39, 0.29) is 31.2 Å². The molecule has 0 spiro atoms. The van der Waals surface area contributed by atoms with Gasteiger partial charge >= 0.3 is 0 Å². The van der Waals surface area contributed by atoms with E-state index in [1.54, 1.807) is 13.0 Å². The molecule has 0 unspecified atom stereocenters. The van der Waals surface area contributed by atoms with Gasteiger partial charge in [0.25, 0.3) is 0 Å². The Bertz CT molecular complexity index is 518. The summed E-state index contributed by atoms with van der Waals surface area (Å²) in [4.78, 5) is 0.196. The van der Waals surface area contributed by atoms with Crippen molar-refractivity contribution in [3.63, 3.8) is 0 Å². The van der Waals surface area contributed by atoms with Crippen LogP contribution in [0.2, 0.25) is 5.02 Å². The van der Waals surface area contributed by atoms with E-state index in [0.29, 0.717) is 10.6 Å². The molecule has 0 radical (unpaired) electrons. The molecule has 108 valence electrons. The van der Waals surface area contributed by atoms with Gasteiger partial charge in [0.1, 0.15) is 0 Å². The second-order valence-electron chi connectivity index (χ2n) is 4.03. The summed E-state index contributed by atoms with van der Waals surface area (Å²) in [5, 5.41) is 9.48. The second kappa shape index (κ2) is 7.21. The molecule has 0 fully saturated rings. The average molecular weight is 308 g/mol. The maximum atomic E-state index is 12.5. The number of aliphatic hydroxyl groups is 1. The van der Waals surface area contributed by atoms with Crippen LogP contribution in [0.4, 0.5) is 0 Å². The summed E-state index contributed by atoms with van der Waals surface area (Å²) in [7, 11) is -2.15. The summed E-state index contributed by atoms with van der Waals surface area (Å²) in [6.45, 7) is 1.95. The van der Waals surface area contributed by atoms with Crippen molar-refractivity contribution >= 4 is 21.6 Å². The predicted molar refractivity (Wildman–Crippen MR) is 73.9 cm³/mol. The molecule has 5 nitrogen and oxygen atoms in total. The minimum absolute atomic E-state index is 0.0355. The number of halogens is 1. The first kappa shape index (κ1) is 16.4. The van der Waals surface area contributed by atoms with E-state index >= 15 is 0 Å². The summed E-state index contributed by atoms with van der Waals surface area (Å²) in [5.74, 6) is 0. The van der Waals surface area contributed by atoms with Crippen LogP contribution in [0.25, 0.3) is 0 Å². The van der Waals surface area contributed by atoms with Gasteiger partial charge in [-0.3, -0.25) is 0 Å². The third-order valence-electron chi connectivity index (χ3n) is 2.65. The van der Waals surface area contributed by atoms with Crippen molar-refractivity contribution in [2.24, 2.45) is 0 Å². The molecule has 0 saturated heterocycles. The van der Waals surface area contributed by atoms with Gasteiger partial charge in [-0.05, 0) is 30.7 Å². The molecule has 0 amide bonds. The molecular weight excluding hydrogens is 290 g/mol. The maximum Gasteiger partial charge on any atom is 0.243 e. The lowest BCUT2D eigenvalue weighted by atomic mass is 10.2. The summed E-state index contributed by atoms with van der Waals surface area (Å²) in [5.41, 5.74) is 0.577. The van der Waals surface area contributed by atoms with E-state index in [1.807, 2.05) is 0 Å². The molecule has 0 heterocycles. The van der Waals surface area contributed by atoms with E-state index < -0.39 is 10.0 Å². The van der Waals surface area contributed by atoms with Crippen molar-refractivity contribution in [2.45, 2.75) is 11.8 Å². The number of hydrogen-bond donors (Lipinski definition) is 1. The zero-order valence-electron chi connectivity index (χ0n) is 11.0. The van der Waals surface area contributed by atoms with Crippen molar-refractivity contribution in [1.29, 1.82) is 0 Å². The van der Waals surface area contributed by atoms with Crippen molar-refractivity contribution in [1.82, 2.24) is 4.31 Å². The first-order chi connectivity index (χ1) is 8.93. The fourth-order valence-electron chi connectivity index (χ4n) is 1.70. The van der Waals surface area contributed by atoms with Gasteiger partial charge in [0.2, 0.25) is 10.0 Å². The molecule has 1 aromatic carbocycles. The molecular formula is C12H18ClNO4S. The Labute approximate surface area is 118 Å². The van der Waals surface area contributed by atoms with Crippen LogP contribution < -0.4 is 0 Å². The molecule has 0 aliphatic heterocycles. The van der Waals surface area contributed by atoms with Crippen molar-refractivity contribution in [3.05, 3.63) is 28.8 Å². The zero-order valence-corrected chi connectivity index (χ0v) is 12.5.